The van der Waals surface area contributed by atoms with Crippen LogP contribution in [0.4, 0.5) is 14.5 Å². The van der Waals surface area contributed by atoms with Crippen molar-refractivity contribution >= 4 is 44.8 Å². The molecule has 0 aliphatic carbocycles. The predicted octanol–water partition coefficient (Wildman–Crippen LogP) is 4.25. The highest BCUT2D eigenvalue weighted by Gasteiger charge is 2.29. The molecule has 1 aromatic heterocycles. The van der Waals surface area contributed by atoms with E-state index in [-0.39, 0.29) is 11.4 Å². The number of nitrogens with zero attached hydrogens (tertiary/aromatic N) is 2. The van der Waals surface area contributed by atoms with Gasteiger partial charge in [0.2, 0.25) is 15.7 Å². The Bertz CT molecular complexity index is 1140. The van der Waals surface area contributed by atoms with E-state index >= 15 is 0 Å². The van der Waals surface area contributed by atoms with Crippen LogP contribution in [-0.4, -0.2) is 35.4 Å². The molecule has 152 valence electrons. The molecule has 0 fully saturated rings. The molecule has 0 aliphatic rings. The Balaban J connectivity index is 1.72. The topological polar surface area (TPSA) is 81.1 Å². The maximum atomic E-state index is 12.9. The highest BCUT2D eigenvalue weighted by atomic mass is 35.5. The van der Waals surface area contributed by atoms with Gasteiger partial charge in [0.15, 0.2) is 5.16 Å². The number of alkyl halides is 2. The molecule has 1 amide bonds. The van der Waals surface area contributed by atoms with Crippen LogP contribution in [0.3, 0.4) is 0 Å². The SMILES string of the molecule is O=C(CSc1nccn1-c1cccc(Cl)c1)Nc1ccccc1S(=O)(=O)C(F)F. The number of aromatic nitrogens is 2. The number of halogens is 3. The Morgan fingerprint density at radius 3 is 2.69 bits per heavy atom. The zero-order valence-electron chi connectivity index (χ0n) is 14.6. The summed E-state index contributed by atoms with van der Waals surface area (Å²) in [6.07, 6.45) is 3.27. The van der Waals surface area contributed by atoms with Gasteiger partial charge in [-0.05, 0) is 30.3 Å². The summed E-state index contributed by atoms with van der Waals surface area (Å²) in [7, 11) is -4.84. The monoisotopic (exact) mass is 457 g/mol. The molecule has 0 saturated heterocycles. The third-order valence-corrected chi connectivity index (χ3v) is 6.37. The van der Waals surface area contributed by atoms with Crippen LogP contribution < -0.4 is 5.32 Å². The Morgan fingerprint density at radius 2 is 1.97 bits per heavy atom. The first-order valence-electron chi connectivity index (χ1n) is 8.12. The summed E-state index contributed by atoms with van der Waals surface area (Å²) in [4.78, 5) is 15.8. The second-order valence-electron chi connectivity index (χ2n) is 5.70. The minimum atomic E-state index is -4.84. The van der Waals surface area contributed by atoms with E-state index in [1.807, 2.05) is 6.07 Å². The summed E-state index contributed by atoms with van der Waals surface area (Å²) < 4.78 is 51.0. The second kappa shape index (κ2) is 8.93. The van der Waals surface area contributed by atoms with E-state index in [2.05, 4.69) is 10.3 Å². The molecule has 0 bridgehead atoms. The fourth-order valence-corrected chi connectivity index (χ4v) is 4.29. The average molecular weight is 458 g/mol. The largest absolute Gasteiger partial charge is 0.341 e. The van der Waals surface area contributed by atoms with Crippen molar-refractivity contribution in [3.8, 4) is 5.69 Å². The molecule has 3 aromatic rings. The van der Waals surface area contributed by atoms with E-state index in [0.717, 1.165) is 23.5 Å². The lowest BCUT2D eigenvalue weighted by molar-refractivity contribution is -0.113. The number of benzene rings is 2. The molecule has 1 heterocycles. The van der Waals surface area contributed by atoms with Crippen molar-refractivity contribution < 1.29 is 22.0 Å². The predicted molar refractivity (Wildman–Crippen MR) is 108 cm³/mol. The molecular formula is C18H14ClF2N3O3S2. The van der Waals surface area contributed by atoms with E-state index in [9.17, 15) is 22.0 Å². The number of amides is 1. The van der Waals surface area contributed by atoms with Crippen molar-refractivity contribution in [3.63, 3.8) is 0 Å². The van der Waals surface area contributed by atoms with Gasteiger partial charge in [-0.3, -0.25) is 9.36 Å². The van der Waals surface area contributed by atoms with Gasteiger partial charge in [0.1, 0.15) is 0 Å². The lowest BCUT2D eigenvalue weighted by atomic mass is 10.3. The van der Waals surface area contributed by atoms with Gasteiger partial charge in [0.25, 0.3) is 0 Å². The number of imidazole rings is 1. The molecule has 29 heavy (non-hydrogen) atoms. The molecular weight excluding hydrogens is 444 g/mol. The van der Waals surface area contributed by atoms with Crippen LogP contribution in [0.5, 0.6) is 0 Å². The van der Waals surface area contributed by atoms with Gasteiger partial charge >= 0.3 is 5.76 Å². The first kappa shape index (κ1) is 21.3. The summed E-state index contributed by atoms with van der Waals surface area (Å²) >= 11 is 7.10. The van der Waals surface area contributed by atoms with Gasteiger partial charge in [0.05, 0.1) is 16.3 Å². The van der Waals surface area contributed by atoms with Gasteiger partial charge in [-0.25, -0.2) is 13.4 Å². The molecule has 1 N–H and O–H groups in total. The normalized spacial score (nSPS) is 11.6. The molecule has 11 heteroatoms. The third-order valence-electron chi connectivity index (χ3n) is 3.73. The number of nitrogens with one attached hydrogen (secondary N) is 1. The first-order valence-corrected chi connectivity index (χ1v) is 11.0. The van der Waals surface area contributed by atoms with Crippen molar-refractivity contribution in [2.24, 2.45) is 0 Å². The van der Waals surface area contributed by atoms with Crippen LogP contribution in [-0.2, 0) is 14.6 Å². The molecule has 2 aromatic carbocycles. The van der Waals surface area contributed by atoms with Gasteiger partial charge in [-0.1, -0.05) is 41.6 Å². The van der Waals surface area contributed by atoms with Crippen LogP contribution >= 0.6 is 23.4 Å². The zero-order valence-corrected chi connectivity index (χ0v) is 17.0. The van der Waals surface area contributed by atoms with Crippen molar-refractivity contribution in [1.29, 1.82) is 0 Å². The molecule has 3 rings (SSSR count). The number of rotatable bonds is 7. The van der Waals surface area contributed by atoms with E-state index in [4.69, 9.17) is 11.6 Å². The Hall–Kier alpha value is -2.43. The first-order chi connectivity index (χ1) is 13.8. The van der Waals surface area contributed by atoms with E-state index in [1.54, 1.807) is 35.2 Å². The minimum Gasteiger partial charge on any atom is -0.324 e. The van der Waals surface area contributed by atoms with Crippen molar-refractivity contribution in [2.75, 3.05) is 11.1 Å². The standard InChI is InChI=1S/C18H14ClF2N3O3S2/c19-12-4-3-5-13(10-12)24-9-8-22-18(24)28-11-16(25)23-14-6-1-2-7-15(14)29(26,27)17(20)21/h1-10,17H,11H2,(H,23,25). The summed E-state index contributed by atoms with van der Waals surface area (Å²) in [5.41, 5.74) is 0.558. The van der Waals surface area contributed by atoms with Gasteiger partial charge in [0, 0.05) is 23.1 Å². The Morgan fingerprint density at radius 1 is 1.21 bits per heavy atom. The highest BCUT2D eigenvalue weighted by Crippen LogP contribution is 2.27. The quantitative estimate of drug-likeness (QED) is 0.536. The number of carbonyl (C=O) groups is 1. The molecule has 0 saturated carbocycles. The fourth-order valence-electron chi connectivity index (χ4n) is 2.45. The highest BCUT2D eigenvalue weighted by molar-refractivity contribution is 7.99. The van der Waals surface area contributed by atoms with Crippen molar-refractivity contribution in [2.45, 2.75) is 15.8 Å². The fraction of sp³-hybridized carbons (Fsp3) is 0.111. The van der Waals surface area contributed by atoms with Crippen molar-refractivity contribution in [3.05, 3.63) is 65.9 Å². The smallest absolute Gasteiger partial charge is 0.324 e. The maximum Gasteiger partial charge on any atom is 0.341 e. The number of sulfone groups is 1. The maximum absolute atomic E-state index is 12.9. The zero-order chi connectivity index (χ0) is 21.0. The van der Waals surface area contributed by atoms with E-state index in [1.165, 1.54) is 18.2 Å². The van der Waals surface area contributed by atoms with Gasteiger partial charge < -0.3 is 5.32 Å². The lowest BCUT2D eigenvalue weighted by Crippen LogP contribution is -2.19. The van der Waals surface area contributed by atoms with E-state index < -0.39 is 26.4 Å². The van der Waals surface area contributed by atoms with Crippen LogP contribution in [0.1, 0.15) is 0 Å². The van der Waals surface area contributed by atoms with Crippen LogP contribution in [0.15, 0.2) is 71.0 Å². The molecule has 6 nitrogen and oxygen atoms in total. The molecule has 0 aliphatic heterocycles. The average Bonchev–Trinajstić information content (AvgIpc) is 3.15. The number of anilines is 1. The summed E-state index contributed by atoms with van der Waals surface area (Å²) in [5, 5.41) is 3.43. The molecule has 0 spiro atoms. The second-order valence-corrected chi connectivity index (χ2v) is 8.96. The Kier molecular flexibility index (Phi) is 6.56. The van der Waals surface area contributed by atoms with E-state index in [0.29, 0.717) is 10.2 Å². The lowest BCUT2D eigenvalue weighted by Gasteiger charge is -2.11. The number of hydrogen-bond donors (Lipinski definition) is 1. The third kappa shape index (κ3) is 4.95. The minimum absolute atomic E-state index is 0.110. The Labute approximate surface area is 174 Å². The van der Waals surface area contributed by atoms with Gasteiger partial charge in [-0.15, -0.1) is 0 Å². The molecule has 0 atom stereocenters. The molecule has 0 unspecified atom stereocenters. The summed E-state index contributed by atoms with van der Waals surface area (Å²) in [6, 6.07) is 12.1. The number of para-hydroxylation sites is 1. The summed E-state index contributed by atoms with van der Waals surface area (Å²) in [5.74, 6) is -4.26. The summed E-state index contributed by atoms with van der Waals surface area (Å²) in [6.45, 7) is 0. The van der Waals surface area contributed by atoms with Crippen LogP contribution in [0, 0.1) is 0 Å². The molecule has 0 radical (unpaired) electrons. The number of thioether (sulfide) groups is 1. The van der Waals surface area contributed by atoms with Gasteiger partial charge in [-0.2, -0.15) is 8.78 Å². The van der Waals surface area contributed by atoms with Crippen LogP contribution in [0.25, 0.3) is 5.69 Å². The number of carbonyl (C=O) groups excluding carboxylic acids is 1. The van der Waals surface area contributed by atoms with Crippen molar-refractivity contribution in [1.82, 2.24) is 9.55 Å². The number of hydrogen-bond acceptors (Lipinski definition) is 5. The van der Waals surface area contributed by atoms with Crippen LogP contribution in [0.2, 0.25) is 5.02 Å².